The first kappa shape index (κ1) is 19.6. The number of carboxylic acids is 1. The molecule has 27 heavy (non-hydrogen) atoms. The average Bonchev–Trinajstić information content (AvgIpc) is 3.27. The molecule has 1 aliphatic carbocycles. The van der Waals surface area contributed by atoms with Crippen molar-refractivity contribution in [2.45, 2.75) is 69.9 Å². The van der Waals surface area contributed by atoms with Gasteiger partial charge in [0.25, 0.3) is 0 Å². The van der Waals surface area contributed by atoms with E-state index in [1.54, 1.807) is 11.3 Å². The van der Waals surface area contributed by atoms with Gasteiger partial charge in [-0.25, -0.2) is 14.6 Å². The first-order valence-electron chi connectivity index (χ1n) is 9.49. The number of alkyl carbamates (subject to hydrolysis) is 1. The van der Waals surface area contributed by atoms with E-state index in [-0.39, 0.29) is 0 Å². The van der Waals surface area contributed by atoms with Gasteiger partial charge in [0.05, 0.1) is 10.2 Å². The van der Waals surface area contributed by atoms with Crippen LogP contribution in [0.5, 0.6) is 0 Å². The Labute approximate surface area is 162 Å². The molecule has 7 heteroatoms. The van der Waals surface area contributed by atoms with E-state index in [1.165, 1.54) is 6.92 Å². The van der Waals surface area contributed by atoms with Crippen molar-refractivity contribution in [1.82, 2.24) is 10.3 Å². The molecule has 1 atom stereocenters. The zero-order valence-corrected chi connectivity index (χ0v) is 16.6. The number of benzene rings is 1. The third kappa shape index (κ3) is 4.08. The third-order valence-corrected chi connectivity index (χ3v) is 6.49. The Kier molecular flexibility index (Phi) is 5.69. The molecule has 1 amide bonds. The number of thiazole rings is 1. The summed E-state index contributed by atoms with van der Waals surface area (Å²) in [6.07, 6.45) is 4.57. The van der Waals surface area contributed by atoms with E-state index >= 15 is 0 Å². The van der Waals surface area contributed by atoms with Crippen LogP contribution in [0.3, 0.4) is 0 Å². The van der Waals surface area contributed by atoms with Gasteiger partial charge in [-0.05, 0) is 51.2 Å². The van der Waals surface area contributed by atoms with Crippen LogP contribution >= 0.6 is 11.3 Å². The molecule has 1 heterocycles. The summed E-state index contributed by atoms with van der Waals surface area (Å²) in [7, 11) is 0. The van der Waals surface area contributed by atoms with Crippen LogP contribution in [0.1, 0.15) is 63.8 Å². The van der Waals surface area contributed by atoms with Crippen molar-refractivity contribution in [3.63, 3.8) is 0 Å². The minimum atomic E-state index is -1.33. The third-order valence-electron chi connectivity index (χ3n) is 5.26. The van der Waals surface area contributed by atoms with E-state index < -0.39 is 23.2 Å². The quantitative estimate of drug-likeness (QED) is 0.707. The molecule has 1 aromatic heterocycles. The number of amides is 1. The highest BCUT2D eigenvalue weighted by Crippen LogP contribution is 2.45. The maximum Gasteiger partial charge on any atom is 0.409 e. The lowest BCUT2D eigenvalue weighted by molar-refractivity contribution is -0.144. The molecule has 0 aliphatic heterocycles. The van der Waals surface area contributed by atoms with E-state index in [0.29, 0.717) is 25.7 Å². The van der Waals surface area contributed by atoms with E-state index in [0.717, 1.165) is 34.5 Å². The largest absolute Gasteiger partial charge is 0.480 e. The van der Waals surface area contributed by atoms with Crippen molar-refractivity contribution in [3.05, 3.63) is 29.3 Å². The average molecular weight is 391 g/mol. The van der Waals surface area contributed by atoms with Gasteiger partial charge in [-0.3, -0.25) is 0 Å². The van der Waals surface area contributed by atoms with Crippen LogP contribution in [0.25, 0.3) is 10.2 Å². The zero-order valence-electron chi connectivity index (χ0n) is 15.8. The number of fused-ring (bicyclic) bond motifs is 1. The number of carbonyl (C=O) groups excluding carboxylic acids is 1. The van der Waals surface area contributed by atoms with Crippen molar-refractivity contribution in [1.29, 1.82) is 0 Å². The Hall–Kier alpha value is -2.15. The molecule has 1 fully saturated rings. The summed E-state index contributed by atoms with van der Waals surface area (Å²) in [5.74, 6) is -1.05. The van der Waals surface area contributed by atoms with Crippen LogP contribution < -0.4 is 5.32 Å². The van der Waals surface area contributed by atoms with Crippen molar-refractivity contribution >= 4 is 33.6 Å². The number of aliphatic carboxylic acids is 1. The van der Waals surface area contributed by atoms with Crippen LogP contribution in [-0.2, 0) is 15.1 Å². The SMILES string of the molecule is CCCC[C@](C)(NC(=O)OC1(c2nc3ccccc3s2)CCCC1)C(=O)O. The van der Waals surface area contributed by atoms with Crippen molar-refractivity contribution < 1.29 is 19.4 Å². The molecule has 0 radical (unpaired) electrons. The summed E-state index contributed by atoms with van der Waals surface area (Å²) in [6.45, 7) is 3.52. The van der Waals surface area contributed by atoms with E-state index in [9.17, 15) is 14.7 Å². The topological polar surface area (TPSA) is 88.5 Å². The van der Waals surface area contributed by atoms with Gasteiger partial charge in [0, 0.05) is 0 Å². The second-order valence-corrected chi connectivity index (χ2v) is 8.47. The number of ether oxygens (including phenoxy) is 1. The number of rotatable bonds is 7. The molecule has 0 unspecified atom stereocenters. The molecule has 2 aromatic rings. The molecule has 3 rings (SSSR count). The summed E-state index contributed by atoms with van der Waals surface area (Å²) >= 11 is 1.54. The fourth-order valence-electron chi connectivity index (χ4n) is 3.55. The number of unbranched alkanes of at least 4 members (excludes halogenated alkanes) is 1. The number of carboxylic acid groups (broad SMARTS) is 1. The molecule has 1 aromatic carbocycles. The van der Waals surface area contributed by atoms with E-state index in [2.05, 4.69) is 5.32 Å². The summed E-state index contributed by atoms with van der Waals surface area (Å²) in [4.78, 5) is 29.0. The molecule has 0 bridgehead atoms. The Morgan fingerprint density at radius 3 is 2.67 bits per heavy atom. The lowest BCUT2D eigenvalue weighted by Crippen LogP contribution is -2.53. The Balaban J connectivity index is 1.81. The minimum Gasteiger partial charge on any atom is -0.480 e. The van der Waals surface area contributed by atoms with E-state index in [1.807, 2.05) is 31.2 Å². The highest BCUT2D eigenvalue weighted by molar-refractivity contribution is 7.18. The molecule has 146 valence electrons. The molecule has 0 spiro atoms. The predicted molar refractivity (Wildman–Crippen MR) is 105 cm³/mol. The zero-order chi connectivity index (χ0) is 19.5. The minimum absolute atomic E-state index is 0.363. The molecule has 1 saturated carbocycles. The van der Waals surface area contributed by atoms with Gasteiger partial charge < -0.3 is 15.2 Å². The van der Waals surface area contributed by atoms with Gasteiger partial charge in [-0.2, -0.15) is 0 Å². The number of hydrogen-bond acceptors (Lipinski definition) is 5. The van der Waals surface area contributed by atoms with Crippen LogP contribution in [-0.4, -0.2) is 27.7 Å². The standard InChI is InChI=1S/C20H26N2O4S/c1-3-4-11-19(2,17(23)24)22-18(25)26-20(12-7-8-13-20)16-21-14-9-5-6-10-15(14)27-16/h5-6,9-10H,3-4,7-8,11-13H2,1-2H3,(H,22,25)(H,23,24)/t19-/m0/s1. The summed E-state index contributed by atoms with van der Waals surface area (Å²) in [6, 6.07) is 7.85. The molecule has 6 nitrogen and oxygen atoms in total. The number of aromatic nitrogens is 1. The number of para-hydroxylation sites is 1. The summed E-state index contributed by atoms with van der Waals surface area (Å²) in [5.41, 5.74) is -1.20. The fraction of sp³-hybridized carbons (Fsp3) is 0.550. The number of hydrogen-bond donors (Lipinski definition) is 2. The monoisotopic (exact) mass is 390 g/mol. The van der Waals surface area contributed by atoms with Gasteiger partial charge in [0.2, 0.25) is 0 Å². The van der Waals surface area contributed by atoms with Crippen LogP contribution in [0.15, 0.2) is 24.3 Å². The molecule has 1 aliphatic rings. The van der Waals surface area contributed by atoms with Crippen LogP contribution in [0, 0.1) is 0 Å². The number of carbonyl (C=O) groups is 2. The Bertz CT molecular complexity index is 795. The highest BCUT2D eigenvalue weighted by Gasteiger charge is 2.44. The first-order chi connectivity index (χ1) is 12.9. The lowest BCUT2D eigenvalue weighted by Gasteiger charge is -2.31. The summed E-state index contributed by atoms with van der Waals surface area (Å²) < 4.78 is 6.93. The van der Waals surface area contributed by atoms with Gasteiger partial charge >= 0.3 is 12.1 Å². The van der Waals surface area contributed by atoms with Crippen molar-refractivity contribution in [3.8, 4) is 0 Å². The molecule has 2 N–H and O–H groups in total. The maximum atomic E-state index is 12.7. The lowest BCUT2D eigenvalue weighted by atomic mass is 9.95. The molecular formula is C20H26N2O4S. The van der Waals surface area contributed by atoms with Crippen molar-refractivity contribution in [2.75, 3.05) is 0 Å². The first-order valence-corrected chi connectivity index (χ1v) is 10.3. The second-order valence-electron chi connectivity index (χ2n) is 7.44. The molecule has 0 saturated heterocycles. The normalized spacial score (nSPS) is 18.1. The van der Waals surface area contributed by atoms with Crippen LogP contribution in [0.2, 0.25) is 0 Å². The Morgan fingerprint density at radius 2 is 2.04 bits per heavy atom. The van der Waals surface area contributed by atoms with Gasteiger partial charge in [0.1, 0.15) is 10.5 Å². The number of nitrogens with one attached hydrogen (secondary N) is 1. The Morgan fingerprint density at radius 1 is 1.33 bits per heavy atom. The van der Waals surface area contributed by atoms with Gasteiger partial charge in [-0.1, -0.05) is 31.9 Å². The van der Waals surface area contributed by atoms with Crippen molar-refractivity contribution in [2.24, 2.45) is 0 Å². The smallest absolute Gasteiger partial charge is 0.409 e. The van der Waals surface area contributed by atoms with Gasteiger partial charge in [0.15, 0.2) is 5.60 Å². The molecular weight excluding hydrogens is 364 g/mol. The fourth-order valence-corrected chi connectivity index (χ4v) is 4.70. The summed E-state index contributed by atoms with van der Waals surface area (Å²) in [5, 5.41) is 13.0. The number of nitrogens with zero attached hydrogens (tertiary/aromatic N) is 1. The van der Waals surface area contributed by atoms with Gasteiger partial charge in [-0.15, -0.1) is 11.3 Å². The second kappa shape index (κ2) is 7.84. The highest BCUT2D eigenvalue weighted by atomic mass is 32.1. The maximum absolute atomic E-state index is 12.7. The van der Waals surface area contributed by atoms with Crippen LogP contribution in [0.4, 0.5) is 4.79 Å². The van der Waals surface area contributed by atoms with E-state index in [4.69, 9.17) is 9.72 Å². The predicted octanol–water partition coefficient (Wildman–Crippen LogP) is 4.83.